The molecule has 0 unspecified atom stereocenters. The van der Waals surface area contributed by atoms with Gasteiger partial charge in [-0.2, -0.15) is 0 Å². The minimum atomic E-state index is -0.0959. The molecule has 0 aliphatic carbocycles. The fourth-order valence-corrected chi connectivity index (χ4v) is 2.09. The van der Waals surface area contributed by atoms with Crippen LogP contribution in [0.4, 0.5) is 0 Å². The molecule has 0 amide bonds. The van der Waals surface area contributed by atoms with Gasteiger partial charge in [-0.25, -0.2) is 0 Å². The number of aryl methyl sites for hydroxylation is 1. The Labute approximate surface area is 128 Å². The van der Waals surface area contributed by atoms with Crippen LogP contribution in [-0.2, 0) is 9.53 Å². The van der Waals surface area contributed by atoms with Crippen LogP contribution >= 0.6 is 0 Å². The summed E-state index contributed by atoms with van der Waals surface area (Å²) in [6.45, 7) is 2.09. The van der Waals surface area contributed by atoms with Gasteiger partial charge in [-0.05, 0) is 31.9 Å². The molecule has 0 aromatic heterocycles. The van der Waals surface area contributed by atoms with Gasteiger partial charge in [-0.1, -0.05) is 55.2 Å². The molecule has 0 heterocycles. The first-order chi connectivity index (χ1) is 10.2. The Morgan fingerprint density at radius 2 is 1.62 bits per heavy atom. The lowest BCUT2D eigenvalue weighted by Gasteiger charge is -2.00. The molecule has 2 nitrogen and oxygen atoms in total. The van der Waals surface area contributed by atoms with Gasteiger partial charge in [0.1, 0.15) is 0 Å². The van der Waals surface area contributed by atoms with Gasteiger partial charge >= 0.3 is 5.97 Å². The number of hydrogen-bond donors (Lipinski definition) is 0. The number of unbranched alkanes of at least 4 members (excludes halogenated alkanes) is 6. The van der Waals surface area contributed by atoms with E-state index in [0.717, 1.165) is 31.2 Å². The number of methoxy groups -OCH3 is 1. The minimum absolute atomic E-state index is 0.0959. The molecule has 0 aliphatic rings. The average Bonchev–Trinajstić information content (AvgIpc) is 2.50. The first-order valence-corrected chi connectivity index (χ1v) is 7.84. The second-order valence-corrected chi connectivity index (χ2v) is 5.37. The second-order valence-electron chi connectivity index (χ2n) is 5.37. The molecule has 0 atom stereocenters. The molecule has 0 spiro atoms. The number of carbonyl (C=O) groups is 1. The highest BCUT2D eigenvalue weighted by molar-refractivity contribution is 5.68. The molecular formula is C19H26O2. The summed E-state index contributed by atoms with van der Waals surface area (Å²) >= 11 is 0. The smallest absolute Gasteiger partial charge is 0.305 e. The maximum Gasteiger partial charge on any atom is 0.305 e. The van der Waals surface area contributed by atoms with Crippen molar-refractivity contribution in [2.75, 3.05) is 7.11 Å². The molecule has 0 N–H and O–H groups in total. The standard InChI is InChI=1S/C19H26O2/c1-17-13-15-18(16-14-17)11-9-7-5-3-4-6-8-10-12-19(20)21-2/h13-16H,3-8,10,12H2,1-2H3. The molecule has 0 saturated carbocycles. The number of carbonyl (C=O) groups excluding carboxylic acids is 1. The van der Waals surface area contributed by atoms with Gasteiger partial charge < -0.3 is 4.74 Å². The molecule has 114 valence electrons. The maximum absolute atomic E-state index is 10.9. The van der Waals surface area contributed by atoms with E-state index in [4.69, 9.17) is 0 Å². The van der Waals surface area contributed by atoms with Crippen LogP contribution in [0.15, 0.2) is 24.3 Å². The fraction of sp³-hybridized carbons (Fsp3) is 0.526. The van der Waals surface area contributed by atoms with Gasteiger partial charge in [0.15, 0.2) is 0 Å². The van der Waals surface area contributed by atoms with Gasteiger partial charge in [-0.3, -0.25) is 4.79 Å². The van der Waals surface area contributed by atoms with Crippen LogP contribution in [0, 0.1) is 18.8 Å². The second kappa shape index (κ2) is 11.0. The molecule has 0 radical (unpaired) electrons. The van der Waals surface area contributed by atoms with E-state index in [1.165, 1.54) is 31.9 Å². The van der Waals surface area contributed by atoms with Gasteiger partial charge in [-0.15, -0.1) is 0 Å². The third-order valence-electron chi connectivity index (χ3n) is 3.44. The Hall–Kier alpha value is -1.75. The quantitative estimate of drug-likeness (QED) is 0.395. The monoisotopic (exact) mass is 286 g/mol. The number of ether oxygens (including phenoxy) is 1. The van der Waals surface area contributed by atoms with E-state index in [0.29, 0.717) is 6.42 Å². The zero-order valence-corrected chi connectivity index (χ0v) is 13.3. The summed E-state index contributed by atoms with van der Waals surface area (Å²) in [6.07, 6.45) is 8.39. The third kappa shape index (κ3) is 8.92. The average molecular weight is 286 g/mol. The van der Waals surface area contributed by atoms with Gasteiger partial charge in [0.2, 0.25) is 0 Å². The highest BCUT2D eigenvalue weighted by Crippen LogP contribution is 2.09. The van der Waals surface area contributed by atoms with E-state index < -0.39 is 0 Å². The molecule has 0 bridgehead atoms. The molecule has 1 aromatic rings. The Morgan fingerprint density at radius 1 is 1.00 bits per heavy atom. The zero-order chi connectivity index (χ0) is 15.3. The molecule has 2 heteroatoms. The molecular weight excluding hydrogens is 260 g/mol. The van der Waals surface area contributed by atoms with Crippen LogP contribution in [0.3, 0.4) is 0 Å². The lowest BCUT2D eigenvalue weighted by atomic mass is 10.1. The van der Waals surface area contributed by atoms with Gasteiger partial charge in [0.25, 0.3) is 0 Å². The summed E-state index contributed by atoms with van der Waals surface area (Å²) in [4.78, 5) is 10.9. The van der Waals surface area contributed by atoms with Gasteiger partial charge in [0.05, 0.1) is 7.11 Å². The van der Waals surface area contributed by atoms with Crippen LogP contribution in [0.5, 0.6) is 0 Å². The van der Waals surface area contributed by atoms with Crippen molar-refractivity contribution in [1.29, 1.82) is 0 Å². The van der Waals surface area contributed by atoms with Crippen LogP contribution in [0.2, 0.25) is 0 Å². The van der Waals surface area contributed by atoms with Crippen molar-refractivity contribution in [3.8, 4) is 11.8 Å². The first kappa shape index (κ1) is 17.3. The number of esters is 1. The van der Waals surface area contributed by atoms with E-state index >= 15 is 0 Å². The summed E-state index contributed by atoms with van der Waals surface area (Å²) in [5.41, 5.74) is 2.37. The van der Waals surface area contributed by atoms with E-state index in [9.17, 15) is 4.79 Å². The molecule has 0 saturated heterocycles. The predicted molar refractivity (Wildman–Crippen MR) is 87.0 cm³/mol. The van der Waals surface area contributed by atoms with E-state index in [1.54, 1.807) is 0 Å². The molecule has 0 fully saturated rings. The predicted octanol–water partition coefficient (Wildman–Crippen LogP) is 4.64. The minimum Gasteiger partial charge on any atom is -0.469 e. The molecule has 1 rings (SSSR count). The number of rotatable bonds is 8. The summed E-state index contributed by atoms with van der Waals surface area (Å²) in [5.74, 6) is 6.34. The highest BCUT2D eigenvalue weighted by atomic mass is 16.5. The van der Waals surface area contributed by atoms with Crippen molar-refractivity contribution in [3.63, 3.8) is 0 Å². The SMILES string of the molecule is COC(=O)CCCCCCCCC#Cc1ccc(C)cc1. The summed E-state index contributed by atoms with van der Waals surface area (Å²) in [6, 6.07) is 8.34. The lowest BCUT2D eigenvalue weighted by Crippen LogP contribution is -1.99. The van der Waals surface area contributed by atoms with Gasteiger partial charge in [0, 0.05) is 18.4 Å². The van der Waals surface area contributed by atoms with Crippen molar-refractivity contribution >= 4 is 5.97 Å². The first-order valence-electron chi connectivity index (χ1n) is 7.84. The normalized spacial score (nSPS) is 9.81. The van der Waals surface area contributed by atoms with E-state index in [-0.39, 0.29) is 5.97 Å². The largest absolute Gasteiger partial charge is 0.469 e. The Morgan fingerprint density at radius 3 is 2.29 bits per heavy atom. The number of hydrogen-bond acceptors (Lipinski definition) is 2. The van der Waals surface area contributed by atoms with Crippen molar-refractivity contribution in [2.45, 2.75) is 58.3 Å². The van der Waals surface area contributed by atoms with Crippen LogP contribution < -0.4 is 0 Å². The topological polar surface area (TPSA) is 26.3 Å². The summed E-state index contributed by atoms with van der Waals surface area (Å²) in [7, 11) is 1.44. The Bertz CT molecular complexity index is 463. The molecule has 21 heavy (non-hydrogen) atoms. The van der Waals surface area contributed by atoms with Crippen LogP contribution in [0.25, 0.3) is 0 Å². The molecule has 0 aliphatic heterocycles. The van der Waals surface area contributed by atoms with Crippen molar-refractivity contribution < 1.29 is 9.53 Å². The number of benzene rings is 1. The van der Waals surface area contributed by atoms with Crippen LogP contribution in [-0.4, -0.2) is 13.1 Å². The van der Waals surface area contributed by atoms with Crippen molar-refractivity contribution in [3.05, 3.63) is 35.4 Å². The van der Waals surface area contributed by atoms with E-state index in [2.05, 4.69) is 47.8 Å². The summed E-state index contributed by atoms with van der Waals surface area (Å²) < 4.78 is 4.61. The fourth-order valence-electron chi connectivity index (χ4n) is 2.09. The molecule has 1 aromatic carbocycles. The summed E-state index contributed by atoms with van der Waals surface area (Å²) in [5, 5.41) is 0. The Kier molecular flexibility index (Phi) is 9.04. The third-order valence-corrected chi connectivity index (χ3v) is 3.44. The lowest BCUT2D eigenvalue weighted by molar-refractivity contribution is -0.140. The van der Waals surface area contributed by atoms with Crippen molar-refractivity contribution in [1.82, 2.24) is 0 Å². The zero-order valence-electron chi connectivity index (χ0n) is 13.3. The van der Waals surface area contributed by atoms with Crippen molar-refractivity contribution in [2.24, 2.45) is 0 Å². The Balaban J connectivity index is 1.98. The van der Waals surface area contributed by atoms with Crippen LogP contribution in [0.1, 0.15) is 62.5 Å². The van der Waals surface area contributed by atoms with E-state index in [1.807, 2.05) is 0 Å². The highest BCUT2D eigenvalue weighted by Gasteiger charge is 1.98. The maximum atomic E-state index is 10.9.